The van der Waals surface area contributed by atoms with Crippen molar-refractivity contribution >= 4 is 5.91 Å². The van der Waals surface area contributed by atoms with Crippen molar-refractivity contribution < 1.29 is 9.53 Å². The van der Waals surface area contributed by atoms with Gasteiger partial charge in [0.25, 0.3) is 5.91 Å². The summed E-state index contributed by atoms with van der Waals surface area (Å²) in [6.45, 7) is 6.98. The highest BCUT2D eigenvalue weighted by Crippen LogP contribution is 2.16. The van der Waals surface area contributed by atoms with E-state index in [1.165, 1.54) is 25.7 Å². The maximum atomic E-state index is 12.3. The average Bonchev–Trinajstić information content (AvgIpc) is 2.90. The zero-order valence-corrected chi connectivity index (χ0v) is 12.1. The second-order valence-electron chi connectivity index (χ2n) is 5.24. The zero-order valence-electron chi connectivity index (χ0n) is 12.1. The molecule has 3 heteroatoms. The molecule has 1 unspecified atom stereocenters. The van der Waals surface area contributed by atoms with Crippen LogP contribution in [0.4, 0.5) is 0 Å². The van der Waals surface area contributed by atoms with Crippen molar-refractivity contribution in [2.45, 2.75) is 71.3 Å². The summed E-state index contributed by atoms with van der Waals surface area (Å²) in [6.07, 6.45) is 8.89. The SMILES string of the molecule is CCCCCN(CCCCC)C(=O)C1CCCO1. The third-order valence-corrected chi connectivity index (χ3v) is 3.58. The molecule has 1 fully saturated rings. The second kappa shape index (κ2) is 9.37. The first-order valence-electron chi connectivity index (χ1n) is 7.70. The Kier molecular flexibility index (Phi) is 8.06. The molecule has 0 aliphatic carbocycles. The number of ether oxygens (including phenoxy) is 1. The molecule has 1 amide bonds. The third kappa shape index (κ3) is 5.38. The quantitative estimate of drug-likeness (QED) is 0.591. The normalized spacial score (nSPS) is 19.1. The fraction of sp³-hybridized carbons (Fsp3) is 0.933. The van der Waals surface area contributed by atoms with Crippen LogP contribution in [-0.2, 0) is 9.53 Å². The first-order chi connectivity index (χ1) is 8.79. The first-order valence-corrected chi connectivity index (χ1v) is 7.70. The van der Waals surface area contributed by atoms with Crippen molar-refractivity contribution in [3.63, 3.8) is 0 Å². The van der Waals surface area contributed by atoms with E-state index >= 15 is 0 Å². The van der Waals surface area contributed by atoms with Gasteiger partial charge in [0.1, 0.15) is 6.10 Å². The molecule has 0 radical (unpaired) electrons. The van der Waals surface area contributed by atoms with Gasteiger partial charge in [0.2, 0.25) is 0 Å². The number of rotatable bonds is 9. The van der Waals surface area contributed by atoms with E-state index in [9.17, 15) is 4.79 Å². The minimum absolute atomic E-state index is 0.145. The molecule has 1 aliphatic heterocycles. The Morgan fingerprint density at radius 3 is 2.17 bits per heavy atom. The van der Waals surface area contributed by atoms with Crippen molar-refractivity contribution in [2.75, 3.05) is 19.7 Å². The van der Waals surface area contributed by atoms with Crippen LogP contribution in [0.3, 0.4) is 0 Å². The summed E-state index contributed by atoms with van der Waals surface area (Å²) in [4.78, 5) is 14.4. The van der Waals surface area contributed by atoms with E-state index in [0.29, 0.717) is 0 Å². The molecule has 0 aromatic rings. The number of amides is 1. The molecule has 18 heavy (non-hydrogen) atoms. The van der Waals surface area contributed by atoms with Gasteiger partial charge in [0.05, 0.1) is 0 Å². The highest BCUT2D eigenvalue weighted by Gasteiger charge is 2.27. The van der Waals surface area contributed by atoms with E-state index in [4.69, 9.17) is 4.74 Å². The summed E-state index contributed by atoms with van der Waals surface area (Å²) in [5, 5.41) is 0. The van der Waals surface area contributed by atoms with Crippen LogP contribution in [0, 0.1) is 0 Å². The molecule has 0 aromatic heterocycles. The predicted octanol–water partition coefficient (Wildman–Crippen LogP) is 3.37. The van der Waals surface area contributed by atoms with E-state index in [0.717, 1.165) is 45.4 Å². The van der Waals surface area contributed by atoms with Gasteiger partial charge in [-0.2, -0.15) is 0 Å². The molecule has 0 bridgehead atoms. The van der Waals surface area contributed by atoms with Gasteiger partial charge in [-0.25, -0.2) is 0 Å². The average molecular weight is 255 g/mol. The lowest BCUT2D eigenvalue weighted by Gasteiger charge is -2.25. The first kappa shape index (κ1) is 15.5. The molecule has 1 aliphatic rings. The molecule has 1 atom stereocenters. The van der Waals surface area contributed by atoms with Crippen molar-refractivity contribution in [3.05, 3.63) is 0 Å². The second-order valence-corrected chi connectivity index (χ2v) is 5.24. The van der Waals surface area contributed by atoms with Crippen LogP contribution in [0.5, 0.6) is 0 Å². The van der Waals surface area contributed by atoms with Gasteiger partial charge in [-0.05, 0) is 25.7 Å². The highest BCUT2D eigenvalue weighted by atomic mass is 16.5. The standard InChI is InChI=1S/C15H29NO2/c1-3-5-7-11-16(12-8-6-4-2)15(17)14-10-9-13-18-14/h14H,3-13H2,1-2H3. The van der Waals surface area contributed by atoms with Crippen LogP contribution in [-0.4, -0.2) is 36.6 Å². The molecule has 1 rings (SSSR count). The fourth-order valence-electron chi connectivity index (χ4n) is 2.41. The Labute approximate surface area is 112 Å². The van der Waals surface area contributed by atoms with Crippen LogP contribution in [0.2, 0.25) is 0 Å². The minimum atomic E-state index is -0.145. The Balaban J connectivity index is 2.38. The van der Waals surface area contributed by atoms with E-state index < -0.39 is 0 Å². The number of carbonyl (C=O) groups is 1. The number of hydrogen-bond donors (Lipinski definition) is 0. The van der Waals surface area contributed by atoms with Crippen LogP contribution in [0.25, 0.3) is 0 Å². The molecular formula is C15H29NO2. The maximum absolute atomic E-state index is 12.3. The van der Waals surface area contributed by atoms with Crippen LogP contribution >= 0.6 is 0 Å². The summed E-state index contributed by atoms with van der Waals surface area (Å²) < 4.78 is 5.52. The zero-order chi connectivity index (χ0) is 13.2. The molecule has 0 spiro atoms. The summed E-state index contributed by atoms with van der Waals surface area (Å²) in [5.41, 5.74) is 0. The molecular weight excluding hydrogens is 226 g/mol. The summed E-state index contributed by atoms with van der Waals surface area (Å²) in [6, 6.07) is 0. The minimum Gasteiger partial charge on any atom is -0.368 e. The summed E-state index contributed by atoms with van der Waals surface area (Å²) in [5.74, 6) is 0.236. The largest absolute Gasteiger partial charge is 0.368 e. The van der Waals surface area contributed by atoms with E-state index in [-0.39, 0.29) is 12.0 Å². The Morgan fingerprint density at radius 1 is 1.11 bits per heavy atom. The van der Waals surface area contributed by atoms with Gasteiger partial charge in [0.15, 0.2) is 0 Å². The molecule has 1 saturated heterocycles. The third-order valence-electron chi connectivity index (χ3n) is 3.58. The summed E-state index contributed by atoms with van der Waals surface area (Å²) >= 11 is 0. The number of hydrogen-bond acceptors (Lipinski definition) is 2. The van der Waals surface area contributed by atoms with Crippen molar-refractivity contribution in [3.8, 4) is 0 Å². The maximum Gasteiger partial charge on any atom is 0.251 e. The molecule has 0 saturated carbocycles. The lowest BCUT2D eigenvalue weighted by atomic mass is 10.1. The van der Waals surface area contributed by atoms with Crippen LogP contribution in [0.1, 0.15) is 65.2 Å². The number of carbonyl (C=O) groups excluding carboxylic acids is 1. The molecule has 106 valence electrons. The van der Waals surface area contributed by atoms with Gasteiger partial charge >= 0.3 is 0 Å². The van der Waals surface area contributed by atoms with E-state index in [2.05, 4.69) is 13.8 Å². The molecule has 0 N–H and O–H groups in total. The molecule has 3 nitrogen and oxygen atoms in total. The topological polar surface area (TPSA) is 29.5 Å². The van der Waals surface area contributed by atoms with Crippen molar-refractivity contribution in [2.24, 2.45) is 0 Å². The van der Waals surface area contributed by atoms with Gasteiger partial charge in [-0.3, -0.25) is 4.79 Å². The lowest BCUT2D eigenvalue weighted by Crippen LogP contribution is -2.40. The molecule has 0 aromatic carbocycles. The smallest absolute Gasteiger partial charge is 0.251 e. The van der Waals surface area contributed by atoms with Crippen LogP contribution in [0.15, 0.2) is 0 Å². The van der Waals surface area contributed by atoms with E-state index in [1.807, 2.05) is 4.90 Å². The Hall–Kier alpha value is -0.570. The molecule has 1 heterocycles. The van der Waals surface area contributed by atoms with E-state index in [1.54, 1.807) is 0 Å². The van der Waals surface area contributed by atoms with Gasteiger partial charge in [-0.1, -0.05) is 39.5 Å². The fourth-order valence-corrected chi connectivity index (χ4v) is 2.41. The Morgan fingerprint density at radius 2 is 1.72 bits per heavy atom. The van der Waals surface area contributed by atoms with Gasteiger partial charge in [-0.15, -0.1) is 0 Å². The summed E-state index contributed by atoms with van der Waals surface area (Å²) in [7, 11) is 0. The number of nitrogens with zero attached hydrogens (tertiary/aromatic N) is 1. The van der Waals surface area contributed by atoms with Crippen molar-refractivity contribution in [1.29, 1.82) is 0 Å². The van der Waals surface area contributed by atoms with Crippen LogP contribution < -0.4 is 0 Å². The van der Waals surface area contributed by atoms with Gasteiger partial charge < -0.3 is 9.64 Å². The lowest BCUT2D eigenvalue weighted by molar-refractivity contribution is -0.141. The number of unbranched alkanes of at least 4 members (excludes halogenated alkanes) is 4. The monoisotopic (exact) mass is 255 g/mol. The predicted molar refractivity (Wildman–Crippen MR) is 74.6 cm³/mol. The highest BCUT2D eigenvalue weighted by molar-refractivity contribution is 5.81. The van der Waals surface area contributed by atoms with Crippen molar-refractivity contribution in [1.82, 2.24) is 4.90 Å². The Bertz CT molecular complexity index is 215. The van der Waals surface area contributed by atoms with Gasteiger partial charge in [0, 0.05) is 19.7 Å².